The first-order valence-electron chi connectivity index (χ1n) is 5.94. The van der Waals surface area contributed by atoms with Crippen LogP contribution in [0.1, 0.15) is 38.5 Å². The predicted octanol–water partition coefficient (Wildman–Crippen LogP) is 1.50. The maximum Gasteiger partial charge on any atom is 0.346 e. The SMILES string of the molecule is NC1=NC(=O)N(C2CC2)C1C1CCCC1. The highest BCUT2D eigenvalue weighted by molar-refractivity contribution is 6.03. The van der Waals surface area contributed by atoms with Crippen LogP contribution in [0.4, 0.5) is 4.79 Å². The largest absolute Gasteiger partial charge is 0.385 e. The molecule has 0 radical (unpaired) electrons. The van der Waals surface area contributed by atoms with Crippen molar-refractivity contribution in [3.8, 4) is 0 Å². The second-order valence-electron chi connectivity index (χ2n) is 4.95. The molecule has 0 spiro atoms. The van der Waals surface area contributed by atoms with Gasteiger partial charge in [-0.3, -0.25) is 0 Å². The summed E-state index contributed by atoms with van der Waals surface area (Å²) in [6.07, 6.45) is 7.24. The first-order chi connectivity index (χ1) is 7.27. The van der Waals surface area contributed by atoms with E-state index in [1.807, 2.05) is 4.90 Å². The van der Waals surface area contributed by atoms with Crippen molar-refractivity contribution < 1.29 is 4.79 Å². The van der Waals surface area contributed by atoms with Crippen LogP contribution in [0.3, 0.4) is 0 Å². The lowest BCUT2D eigenvalue weighted by Crippen LogP contribution is -2.46. The smallest absolute Gasteiger partial charge is 0.346 e. The zero-order valence-electron chi connectivity index (χ0n) is 8.85. The number of aliphatic imine (C=N–C) groups is 1. The van der Waals surface area contributed by atoms with Gasteiger partial charge < -0.3 is 10.6 Å². The summed E-state index contributed by atoms with van der Waals surface area (Å²) in [5, 5.41) is 0. The maximum atomic E-state index is 11.7. The lowest BCUT2D eigenvalue weighted by Gasteiger charge is -2.28. The molecule has 0 saturated heterocycles. The molecule has 1 atom stereocenters. The van der Waals surface area contributed by atoms with Crippen molar-refractivity contribution in [3.05, 3.63) is 0 Å². The van der Waals surface area contributed by atoms with Crippen LogP contribution in [0.25, 0.3) is 0 Å². The minimum absolute atomic E-state index is 0.0908. The van der Waals surface area contributed by atoms with Crippen LogP contribution in [0.15, 0.2) is 4.99 Å². The summed E-state index contributed by atoms with van der Waals surface area (Å²) >= 11 is 0. The Morgan fingerprint density at radius 1 is 1.20 bits per heavy atom. The Labute approximate surface area is 89.5 Å². The molecule has 0 aromatic carbocycles. The number of amidine groups is 1. The molecule has 0 aromatic heterocycles. The van der Waals surface area contributed by atoms with Crippen molar-refractivity contribution >= 4 is 11.9 Å². The van der Waals surface area contributed by atoms with E-state index in [2.05, 4.69) is 4.99 Å². The summed E-state index contributed by atoms with van der Waals surface area (Å²) in [7, 11) is 0. The molecule has 15 heavy (non-hydrogen) atoms. The summed E-state index contributed by atoms with van der Waals surface area (Å²) in [5.41, 5.74) is 5.89. The Balaban J connectivity index is 1.83. The van der Waals surface area contributed by atoms with Gasteiger partial charge in [-0.1, -0.05) is 12.8 Å². The van der Waals surface area contributed by atoms with Gasteiger partial charge in [0, 0.05) is 6.04 Å². The molecule has 0 aromatic rings. The van der Waals surface area contributed by atoms with Crippen molar-refractivity contribution in [2.45, 2.75) is 50.6 Å². The number of hydrogen-bond donors (Lipinski definition) is 1. The molecule has 4 nitrogen and oxygen atoms in total. The molecule has 1 aliphatic heterocycles. The summed E-state index contributed by atoms with van der Waals surface area (Å²) < 4.78 is 0. The fraction of sp³-hybridized carbons (Fsp3) is 0.818. The van der Waals surface area contributed by atoms with E-state index in [0.29, 0.717) is 17.8 Å². The van der Waals surface area contributed by atoms with Gasteiger partial charge >= 0.3 is 6.03 Å². The van der Waals surface area contributed by atoms with Crippen LogP contribution < -0.4 is 5.73 Å². The van der Waals surface area contributed by atoms with Crippen molar-refractivity contribution in [3.63, 3.8) is 0 Å². The third kappa shape index (κ3) is 1.43. The molecular weight excluding hydrogens is 190 g/mol. The molecule has 3 rings (SSSR count). The van der Waals surface area contributed by atoms with Crippen LogP contribution in [0.2, 0.25) is 0 Å². The number of nitrogens with zero attached hydrogens (tertiary/aromatic N) is 2. The fourth-order valence-corrected chi connectivity index (χ4v) is 2.97. The van der Waals surface area contributed by atoms with E-state index >= 15 is 0 Å². The highest BCUT2D eigenvalue weighted by atomic mass is 16.2. The Bertz CT molecular complexity index is 316. The van der Waals surface area contributed by atoms with Gasteiger partial charge in [0.05, 0.1) is 6.04 Å². The van der Waals surface area contributed by atoms with E-state index in [1.165, 1.54) is 25.7 Å². The van der Waals surface area contributed by atoms with Gasteiger partial charge in [0.25, 0.3) is 0 Å². The predicted molar refractivity (Wildman–Crippen MR) is 57.6 cm³/mol. The maximum absolute atomic E-state index is 11.7. The third-order valence-electron chi connectivity index (χ3n) is 3.83. The molecule has 82 valence electrons. The quantitative estimate of drug-likeness (QED) is 0.746. The standard InChI is InChI=1S/C11H17N3O/c12-10-9(7-3-1-2-4-7)14(8-5-6-8)11(15)13-10/h7-9H,1-6H2,(H2,12,13,15). The molecule has 2 aliphatic carbocycles. The number of carbonyl (C=O) groups excluding carboxylic acids is 1. The normalized spacial score (nSPS) is 32.5. The molecule has 1 unspecified atom stereocenters. The molecule has 2 fully saturated rings. The monoisotopic (exact) mass is 207 g/mol. The van der Waals surface area contributed by atoms with Crippen molar-refractivity contribution in [2.75, 3.05) is 0 Å². The van der Waals surface area contributed by atoms with E-state index in [4.69, 9.17) is 5.73 Å². The molecule has 2 N–H and O–H groups in total. The van der Waals surface area contributed by atoms with Gasteiger partial charge in [0.1, 0.15) is 5.84 Å². The number of rotatable bonds is 2. The molecule has 2 saturated carbocycles. The zero-order chi connectivity index (χ0) is 10.4. The molecule has 4 heteroatoms. The summed E-state index contributed by atoms with van der Waals surface area (Å²) in [4.78, 5) is 17.6. The van der Waals surface area contributed by atoms with Gasteiger partial charge in [-0.2, -0.15) is 4.99 Å². The van der Waals surface area contributed by atoms with Crippen molar-refractivity contribution in [1.82, 2.24) is 4.90 Å². The average Bonchev–Trinajstić information content (AvgIpc) is 2.79. The van der Waals surface area contributed by atoms with Crippen LogP contribution >= 0.6 is 0 Å². The van der Waals surface area contributed by atoms with E-state index < -0.39 is 0 Å². The van der Waals surface area contributed by atoms with E-state index in [0.717, 1.165) is 12.8 Å². The van der Waals surface area contributed by atoms with E-state index in [-0.39, 0.29) is 12.1 Å². The first-order valence-corrected chi connectivity index (χ1v) is 5.94. The fourth-order valence-electron chi connectivity index (χ4n) is 2.97. The molecule has 3 aliphatic rings. The van der Waals surface area contributed by atoms with Gasteiger partial charge in [-0.15, -0.1) is 0 Å². The molecule has 1 heterocycles. The molecule has 2 amide bonds. The lowest BCUT2D eigenvalue weighted by molar-refractivity contribution is 0.186. The van der Waals surface area contributed by atoms with Crippen LogP contribution in [0, 0.1) is 5.92 Å². The Kier molecular flexibility index (Phi) is 1.97. The number of carbonyl (C=O) groups is 1. The minimum atomic E-state index is -0.0908. The van der Waals surface area contributed by atoms with Gasteiger partial charge in [0.15, 0.2) is 0 Å². The number of nitrogens with two attached hydrogens (primary N) is 1. The van der Waals surface area contributed by atoms with Crippen LogP contribution in [0.5, 0.6) is 0 Å². The molecular formula is C11H17N3O. The highest BCUT2D eigenvalue weighted by Gasteiger charge is 2.46. The second kappa shape index (κ2) is 3.22. The Morgan fingerprint density at radius 3 is 2.47 bits per heavy atom. The Hall–Kier alpha value is -1.06. The number of urea groups is 1. The van der Waals surface area contributed by atoms with E-state index in [1.54, 1.807) is 0 Å². The zero-order valence-corrected chi connectivity index (χ0v) is 8.85. The average molecular weight is 207 g/mol. The number of amides is 2. The highest BCUT2D eigenvalue weighted by Crippen LogP contribution is 2.38. The third-order valence-corrected chi connectivity index (χ3v) is 3.83. The summed E-state index contributed by atoms with van der Waals surface area (Å²) in [6, 6.07) is 0.479. The van der Waals surface area contributed by atoms with E-state index in [9.17, 15) is 4.79 Å². The van der Waals surface area contributed by atoms with Crippen molar-refractivity contribution in [2.24, 2.45) is 16.6 Å². The summed E-state index contributed by atoms with van der Waals surface area (Å²) in [6.45, 7) is 0. The van der Waals surface area contributed by atoms with Crippen LogP contribution in [-0.4, -0.2) is 28.9 Å². The van der Waals surface area contributed by atoms with Gasteiger partial charge in [-0.05, 0) is 31.6 Å². The van der Waals surface area contributed by atoms with Crippen molar-refractivity contribution in [1.29, 1.82) is 0 Å². The first kappa shape index (κ1) is 9.19. The minimum Gasteiger partial charge on any atom is -0.385 e. The number of hydrogen-bond acceptors (Lipinski definition) is 2. The van der Waals surface area contributed by atoms with Gasteiger partial charge in [0.2, 0.25) is 0 Å². The molecule has 0 bridgehead atoms. The van der Waals surface area contributed by atoms with Gasteiger partial charge in [-0.25, -0.2) is 4.79 Å². The Morgan fingerprint density at radius 2 is 1.87 bits per heavy atom. The second-order valence-corrected chi connectivity index (χ2v) is 4.95. The van der Waals surface area contributed by atoms with Crippen LogP contribution in [-0.2, 0) is 0 Å². The summed E-state index contributed by atoms with van der Waals surface area (Å²) in [5.74, 6) is 1.14. The topological polar surface area (TPSA) is 58.7 Å². The lowest BCUT2D eigenvalue weighted by atomic mass is 9.96.